The van der Waals surface area contributed by atoms with Crippen LogP contribution in [0, 0.1) is 5.92 Å². The predicted octanol–water partition coefficient (Wildman–Crippen LogP) is 1.20. The molecule has 0 aromatic heterocycles. The minimum absolute atomic E-state index is 0.0438. The smallest absolute Gasteiger partial charge is 0.320 e. The number of ketones is 1. The van der Waals surface area contributed by atoms with Crippen molar-refractivity contribution in [2.24, 2.45) is 5.92 Å². The van der Waals surface area contributed by atoms with E-state index in [4.69, 9.17) is 5.11 Å². The molecule has 0 aromatic rings. The van der Waals surface area contributed by atoms with Crippen LogP contribution in [0.25, 0.3) is 0 Å². The van der Waals surface area contributed by atoms with E-state index in [0.29, 0.717) is 25.2 Å². The second kappa shape index (κ2) is 5.26. The van der Waals surface area contributed by atoms with Crippen molar-refractivity contribution in [1.29, 1.82) is 0 Å². The van der Waals surface area contributed by atoms with Crippen LogP contribution in [0.5, 0.6) is 0 Å². The molecular weight excluding hydrogens is 194 g/mol. The Labute approximate surface area is 90.0 Å². The van der Waals surface area contributed by atoms with Gasteiger partial charge in [-0.15, -0.1) is 0 Å². The van der Waals surface area contributed by atoms with Crippen LogP contribution in [-0.2, 0) is 9.59 Å². The lowest BCUT2D eigenvalue weighted by Crippen LogP contribution is -2.49. The van der Waals surface area contributed by atoms with E-state index in [9.17, 15) is 9.59 Å². The van der Waals surface area contributed by atoms with Crippen LogP contribution in [0.1, 0.15) is 39.5 Å². The van der Waals surface area contributed by atoms with Gasteiger partial charge in [-0.05, 0) is 18.8 Å². The lowest BCUT2D eigenvalue weighted by molar-refractivity contribution is -0.141. The number of Topliss-reactive ketones (excluding diaryl/α,β-unsaturated/α-hetero) is 1. The quantitative estimate of drug-likeness (QED) is 0.736. The third kappa shape index (κ3) is 3.63. The molecule has 86 valence electrons. The molecule has 1 saturated heterocycles. The molecule has 0 spiro atoms. The molecule has 2 N–H and O–H groups in total. The van der Waals surface area contributed by atoms with Crippen molar-refractivity contribution in [3.05, 3.63) is 0 Å². The summed E-state index contributed by atoms with van der Waals surface area (Å²) in [7, 11) is 0. The van der Waals surface area contributed by atoms with Crippen molar-refractivity contribution in [3.8, 4) is 0 Å². The first kappa shape index (κ1) is 12.2. The number of hydrogen-bond acceptors (Lipinski definition) is 3. The van der Waals surface area contributed by atoms with Gasteiger partial charge in [0.2, 0.25) is 0 Å². The van der Waals surface area contributed by atoms with Gasteiger partial charge in [-0.3, -0.25) is 9.59 Å². The third-order valence-corrected chi connectivity index (χ3v) is 2.93. The highest BCUT2D eigenvalue weighted by atomic mass is 16.4. The fraction of sp³-hybridized carbons (Fsp3) is 0.818. The van der Waals surface area contributed by atoms with Crippen LogP contribution in [0.4, 0.5) is 0 Å². The monoisotopic (exact) mass is 213 g/mol. The fourth-order valence-corrected chi connectivity index (χ4v) is 2.14. The number of hydrogen-bond donors (Lipinski definition) is 2. The summed E-state index contributed by atoms with van der Waals surface area (Å²) in [4.78, 5) is 22.1. The fourth-order valence-electron chi connectivity index (χ4n) is 2.14. The number of nitrogens with one attached hydrogen (secondary N) is 1. The molecule has 4 nitrogen and oxygen atoms in total. The van der Waals surface area contributed by atoms with Gasteiger partial charge < -0.3 is 10.4 Å². The SMILES string of the molecule is CCC(=O)C[C@@H]1C[C@@H](C)C[C@@H](C(=O)O)N1. The number of aliphatic carboxylic acids is 1. The summed E-state index contributed by atoms with van der Waals surface area (Å²) in [5.74, 6) is -0.233. The van der Waals surface area contributed by atoms with E-state index in [1.54, 1.807) is 0 Å². The Kier molecular flexibility index (Phi) is 4.27. The minimum Gasteiger partial charge on any atom is -0.480 e. The molecule has 0 bridgehead atoms. The van der Waals surface area contributed by atoms with Crippen molar-refractivity contribution in [2.75, 3.05) is 0 Å². The number of carbonyl (C=O) groups excluding carboxylic acids is 1. The molecule has 0 saturated carbocycles. The summed E-state index contributed by atoms with van der Waals surface area (Å²) < 4.78 is 0. The summed E-state index contributed by atoms with van der Waals surface area (Å²) in [6, 6.07) is -0.439. The van der Waals surface area contributed by atoms with E-state index in [2.05, 4.69) is 5.32 Å². The molecule has 4 heteroatoms. The maximum atomic E-state index is 11.3. The van der Waals surface area contributed by atoms with Crippen LogP contribution in [0.3, 0.4) is 0 Å². The molecule has 1 aliphatic heterocycles. The van der Waals surface area contributed by atoms with Crippen LogP contribution in [-0.4, -0.2) is 28.9 Å². The predicted molar refractivity (Wildman–Crippen MR) is 56.7 cm³/mol. The van der Waals surface area contributed by atoms with Crippen molar-refractivity contribution in [1.82, 2.24) is 5.32 Å². The maximum Gasteiger partial charge on any atom is 0.320 e. The molecule has 0 aromatic carbocycles. The Bertz CT molecular complexity index is 252. The van der Waals surface area contributed by atoms with E-state index in [-0.39, 0.29) is 11.8 Å². The summed E-state index contributed by atoms with van der Waals surface area (Å²) in [6.07, 6.45) is 2.55. The highest BCUT2D eigenvalue weighted by Gasteiger charge is 2.30. The van der Waals surface area contributed by atoms with Gasteiger partial charge in [0.1, 0.15) is 11.8 Å². The average Bonchev–Trinajstić information content (AvgIpc) is 2.16. The first-order chi connectivity index (χ1) is 7.02. The second-order valence-electron chi connectivity index (χ2n) is 4.43. The van der Waals surface area contributed by atoms with Crippen molar-refractivity contribution >= 4 is 11.8 Å². The standard InChI is InChI=1S/C11H19NO3/c1-3-9(13)6-8-4-7(2)5-10(12-8)11(14)15/h7-8,10,12H,3-6H2,1-2H3,(H,14,15)/t7-,8+,10+/m1/s1. The first-order valence-corrected chi connectivity index (χ1v) is 5.53. The Balaban J connectivity index is 2.51. The van der Waals surface area contributed by atoms with Crippen LogP contribution in [0.15, 0.2) is 0 Å². The third-order valence-electron chi connectivity index (χ3n) is 2.93. The maximum absolute atomic E-state index is 11.3. The molecular formula is C11H19NO3. The zero-order valence-corrected chi connectivity index (χ0v) is 9.32. The Morgan fingerprint density at radius 1 is 1.40 bits per heavy atom. The van der Waals surface area contributed by atoms with Gasteiger partial charge >= 0.3 is 5.97 Å². The van der Waals surface area contributed by atoms with E-state index >= 15 is 0 Å². The number of carboxylic acids is 1. The minimum atomic E-state index is -0.810. The molecule has 1 heterocycles. The van der Waals surface area contributed by atoms with Crippen molar-refractivity contribution < 1.29 is 14.7 Å². The molecule has 15 heavy (non-hydrogen) atoms. The second-order valence-corrected chi connectivity index (χ2v) is 4.43. The Morgan fingerprint density at radius 2 is 2.07 bits per heavy atom. The summed E-state index contributed by atoms with van der Waals surface area (Å²) in [5, 5.41) is 11.9. The normalized spacial score (nSPS) is 31.2. The lowest BCUT2D eigenvalue weighted by Gasteiger charge is -2.32. The van der Waals surface area contributed by atoms with E-state index < -0.39 is 12.0 Å². The van der Waals surface area contributed by atoms with Gasteiger partial charge in [0.15, 0.2) is 0 Å². The van der Waals surface area contributed by atoms with Gasteiger partial charge in [0.05, 0.1) is 0 Å². The molecule has 0 amide bonds. The van der Waals surface area contributed by atoms with Crippen molar-refractivity contribution in [2.45, 2.75) is 51.6 Å². The Hall–Kier alpha value is -0.900. The van der Waals surface area contributed by atoms with Gasteiger partial charge in [0.25, 0.3) is 0 Å². The lowest BCUT2D eigenvalue weighted by atomic mass is 9.87. The molecule has 0 aliphatic carbocycles. The average molecular weight is 213 g/mol. The molecule has 0 unspecified atom stereocenters. The largest absolute Gasteiger partial charge is 0.480 e. The number of carbonyl (C=O) groups is 2. The van der Waals surface area contributed by atoms with Crippen LogP contribution in [0.2, 0.25) is 0 Å². The van der Waals surface area contributed by atoms with Gasteiger partial charge in [-0.1, -0.05) is 13.8 Å². The summed E-state index contributed by atoms with van der Waals surface area (Å²) >= 11 is 0. The summed E-state index contributed by atoms with van der Waals surface area (Å²) in [6.45, 7) is 3.88. The summed E-state index contributed by atoms with van der Waals surface area (Å²) in [5.41, 5.74) is 0. The molecule has 1 aliphatic rings. The zero-order valence-electron chi connectivity index (χ0n) is 9.32. The van der Waals surface area contributed by atoms with E-state index in [1.165, 1.54) is 0 Å². The number of piperidine rings is 1. The first-order valence-electron chi connectivity index (χ1n) is 5.53. The van der Waals surface area contributed by atoms with E-state index in [1.807, 2.05) is 13.8 Å². The van der Waals surface area contributed by atoms with Crippen molar-refractivity contribution in [3.63, 3.8) is 0 Å². The number of rotatable bonds is 4. The molecule has 1 fully saturated rings. The van der Waals surface area contributed by atoms with Crippen LogP contribution >= 0.6 is 0 Å². The molecule has 0 radical (unpaired) electrons. The number of carboxylic acid groups (broad SMARTS) is 1. The molecule has 1 rings (SSSR count). The highest BCUT2D eigenvalue weighted by molar-refractivity contribution is 5.79. The Morgan fingerprint density at radius 3 is 2.60 bits per heavy atom. The van der Waals surface area contributed by atoms with Gasteiger partial charge in [-0.25, -0.2) is 0 Å². The van der Waals surface area contributed by atoms with Crippen LogP contribution < -0.4 is 5.32 Å². The highest BCUT2D eigenvalue weighted by Crippen LogP contribution is 2.21. The van der Waals surface area contributed by atoms with Gasteiger partial charge in [0, 0.05) is 18.9 Å². The molecule has 3 atom stereocenters. The van der Waals surface area contributed by atoms with E-state index in [0.717, 1.165) is 6.42 Å². The van der Waals surface area contributed by atoms with Gasteiger partial charge in [-0.2, -0.15) is 0 Å². The zero-order chi connectivity index (χ0) is 11.4. The topological polar surface area (TPSA) is 66.4 Å².